The van der Waals surface area contributed by atoms with Crippen LogP contribution in [0, 0.1) is 0 Å². The molecule has 0 atom stereocenters. The molecule has 0 aliphatic rings. The van der Waals surface area contributed by atoms with Crippen LogP contribution in [0.1, 0.15) is 10.5 Å². The van der Waals surface area contributed by atoms with Gasteiger partial charge in [0.05, 0.1) is 0 Å². The van der Waals surface area contributed by atoms with Crippen LogP contribution >= 0.6 is 11.6 Å². The van der Waals surface area contributed by atoms with E-state index in [1.165, 1.54) is 16.9 Å². The zero-order chi connectivity index (χ0) is 13.3. The number of rotatable bonds is 3. The highest BCUT2D eigenvalue weighted by Crippen LogP contribution is 2.11. The van der Waals surface area contributed by atoms with Crippen LogP contribution in [-0.2, 0) is 0 Å². The van der Waals surface area contributed by atoms with Crippen LogP contribution in [0.15, 0.2) is 12.3 Å². The maximum Gasteiger partial charge on any atom is 0.269 e. The minimum absolute atomic E-state index is 0.0415. The summed E-state index contributed by atoms with van der Waals surface area (Å²) in [7, 11) is 3.54. The van der Waals surface area contributed by atoms with Crippen molar-refractivity contribution in [3.63, 3.8) is 0 Å². The van der Waals surface area contributed by atoms with Crippen LogP contribution < -0.4 is 10.6 Å². The van der Waals surface area contributed by atoms with Crippen LogP contribution in [0.25, 0.3) is 5.95 Å². The summed E-state index contributed by atoms with van der Waals surface area (Å²) < 4.78 is 1.31. The van der Waals surface area contributed by atoms with E-state index in [4.69, 9.17) is 17.3 Å². The summed E-state index contributed by atoms with van der Waals surface area (Å²) in [5, 5.41) is 3.98. The van der Waals surface area contributed by atoms with Crippen LogP contribution in [0.3, 0.4) is 0 Å². The van der Waals surface area contributed by atoms with Gasteiger partial charge in [-0.15, -0.1) is 0 Å². The minimum atomic E-state index is -0.623. The van der Waals surface area contributed by atoms with Gasteiger partial charge in [0.2, 0.25) is 11.2 Å². The van der Waals surface area contributed by atoms with E-state index in [0.717, 1.165) is 0 Å². The van der Waals surface area contributed by atoms with Gasteiger partial charge >= 0.3 is 0 Å². The molecule has 0 aromatic carbocycles. The normalized spacial score (nSPS) is 10.4. The number of carbonyl (C=O) groups excluding carboxylic acids is 1. The highest BCUT2D eigenvalue weighted by molar-refractivity contribution is 6.28. The van der Waals surface area contributed by atoms with Crippen molar-refractivity contribution in [2.24, 2.45) is 5.73 Å². The Labute approximate surface area is 107 Å². The molecule has 9 heteroatoms. The molecule has 2 heterocycles. The summed E-state index contributed by atoms with van der Waals surface area (Å²) in [5.74, 6) is -0.0194. The van der Waals surface area contributed by atoms with Crippen molar-refractivity contribution in [3.05, 3.63) is 23.2 Å². The Balaban J connectivity index is 2.46. The summed E-state index contributed by atoms with van der Waals surface area (Å²) in [6.07, 6.45) is 1.52. The Morgan fingerprint density at radius 3 is 2.67 bits per heavy atom. The van der Waals surface area contributed by atoms with Crippen molar-refractivity contribution in [2.75, 3.05) is 19.0 Å². The van der Waals surface area contributed by atoms with Gasteiger partial charge < -0.3 is 10.6 Å². The molecule has 94 valence electrons. The number of halogens is 1. The molecular formula is C9H10ClN7O. The quantitative estimate of drug-likeness (QED) is 0.831. The van der Waals surface area contributed by atoms with E-state index in [-0.39, 0.29) is 16.9 Å². The summed E-state index contributed by atoms with van der Waals surface area (Å²) in [5.41, 5.74) is 5.23. The number of hydrogen-bond donors (Lipinski definition) is 1. The Morgan fingerprint density at radius 2 is 2.11 bits per heavy atom. The number of nitrogens with zero attached hydrogens (tertiary/aromatic N) is 6. The third-order valence-corrected chi connectivity index (χ3v) is 2.20. The summed E-state index contributed by atoms with van der Waals surface area (Å²) in [4.78, 5) is 24.6. The highest BCUT2D eigenvalue weighted by atomic mass is 35.5. The number of hydrogen-bond acceptors (Lipinski definition) is 6. The fourth-order valence-electron chi connectivity index (χ4n) is 1.20. The van der Waals surface area contributed by atoms with Crippen LogP contribution in [0.4, 0.5) is 5.95 Å². The Morgan fingerprint density at radius 1 is 1.39 bits per heavy atom. The van der Waals surface area contributed by atoms with E-state index in [0.29, 0.717) is 5.95 Å². The average molecular weight is 268 g/mol. The lowest BCUT2D eigenvalue weighted by molar-refractivity contribution is 0.0995. The Hall–Kier alpha value is -2.22. The third kappa shape index (κ3) is 2.38. The van der Waals surface area contributed by atoms with E-state index in [1.807, 2.05) is 0 Å². The fourth-order valence-corrected chi connectivity index (χ4v) is 1.35. The number of carbonyl (C=O) groups is 1. The second-order valence-electron chi connectivity index (χ2n) is 3.61. The van der Waals surface area contributed by atoms with Crippen molar-refractivity contribution in [2.45, 2.75) is 0 Å². The van der Waals surface area contributed by atoms with Crippen molar-refractivity contribution in [3.8, 4) is 5.95 Å². The first-order chi connectivity index (χ1) is 8.47. The van der Waals surface area contributed by atoms with E-state index in [1.54, 1.807) is 19.0 Å². The molecule has 0 aliphatic carbocycles. The lowest BCUT2D eigenvalue weighted by Crippen LogP contribution is -2.16. The fraction of sp³-hybridized carbons (Fsp3) is 0.222. The van der Waals surface area contributed by atoms with Gasteiger partial charge in [-0.2, -0.15) is 20.1 Å². The minimum Gasteiger partial charge on any atom is -0.364 e. The number of aromatic nitrogens is 5. The molecule has 0 saturated carbocycles. The van der Waals surface area contributed by atoms with Gasteiger partial charge in [-0.1, -0.05) is 0 Å². The van der Waals surface area contributed by atoms with E-state index in [2.05, 4.69) is 20.1 Å². The molecule has 0 spiro atoms. The first-order valence-corrected chi connectivity index (χ1v) is 5.30. The molecule has 0 fully saturated rings. The monoisotopic (exact) mass is 267 g/mol. The van der Waals surface area contributed by atoms with E-state index < -0.39 is 5.91 Å². The molecular weight excluding hydrogens is 258 g/mol. The zero-order valence-electron chi connectivity index (χ0n) is 9.70. The molecule has 0 radical (unpaired) electrons. The van der Waals surface area contributed by atoms with Gasteiger partial charge in [0.25, 0.3) is 11.9 Å². The Bertz CT molecular complexity index is 594. The van der Waals surface area contributed by atoms with Crippen LogP contribution in [0.5, 0.6) is 0 Å². The van der Waals surface area contributed by atoms with Crippen molar-refractivity contribution >= 4 is 23.5 Å². The van der Waals surface area contributed by atoms with Gasteiger partial charge in [0.1, 0.15) is 5.69 Å². The lowest BCUT2D eigenvalue weighted by Gasteiger charge is -2.10. The standard InChI is InChI=1S/C9H10ClN7O/c1-16(2)8-12-7(10)13-9(14-8)17-4-3-5(15-17)6(11)18/h3-4H,1-2H3,(H2,11,18). The Kier molecular flexibility index (Phi) is 3.11. The molecule has 8 nitrogen and oxygen atoms in total. The van der Waals surface area contributed by atoms with E-state index >= 15 is 0 Å². The number of primary amides is 1. The van der Waals surface area contributed by atoms with Gasteiger partial charge in [-0.3, -0.25) is 4.79 Å². The number of nitrogens with two attached hydrogens (primary N) is 1. The smallest absolute Gasteiger partial charge is 0.269 e. The van der Waals surface area contributed by atoms with Crippen molar-refractivity contribution in [1.82, 2.24) is 24.7 Å². The maximum atomic E-state index is 10.9. The van der Waals surface area contributed by atoms with Crippen molar-refractivity contribution < 1.29 is 4.79 Å². The molecule has 0 bridgehead atoms. The second kappa shape index (κ2) is 4.57. The van der Waals surface area contributed by atoms with E-state index in [9.17, 15) is 4.79 Å². The lowest BCUT2D eigenvalue weighted by atomic mass is 10.4. The van der Waals surface area contributed by atoms with Gasteiger partial charge in [-0.25, -0.2) is 4.68 Å². The number of amides is 1. The molecule has 0 unspecified atom stereocenters. The molecule has 0 aliphatic heterocycles. The summed E-state index contributed by atoms with van der Waals surface area (Å²) in [6, 6.07) is 1.47. The van der Waals surface area contributed by atoms with Crippen LogP contribution in [-0.4, -0.2) is 44.7 Å². The molecule has 2 N–H and O–H groups in total. The molecule has 0 saturated heterocycles. The van der Waals surface area contributed by atoms with Crippen LogP contribution in [0.2, 0.25) is 5.28 Å². The third-order valence-electron chi connectivity index (χ3n) is 2.03. The zero-order valence-corrected chi connectivity index (χ0v) is 10.5. The molecule has 2 aromatic heterocycles. The van der Waals surface area contributed by atoms with Gasteiger partial charge in [0.15, 0.2) is 0 Å². The summed E-state index contributed by atoms with van der Waals surface area (Å²) >= 11 is 5.79. The largest absolute Gasteiger partial charge is 0.364 e. The van der Waals surface area contributed by atoms with Gasteiger partial charge in [0, 0.05) is 20.3 Å². The first-order valence-electron chi connectivity index (χ1n) is 4.92. The molecule has 18 heavy (non-hydrogen) atoms. The number of anilines is 1. The van der Waals surface area contributed by atoms with Gasteiger partial charge in [-0.05, 0) is 17.7 Å². The predicted octanol–water partition coefficient (Wildman–Crippen LogP) is -0.124. The maximum absolute atomic E-state index is 10.9. The topological polar surface area (TPSA) is 103 Å². The first kappa shape index (κ1) is 12.2. The predicted molar refractivity (Wildman–Crippen MR) is 64.8 cm³/mol. The molecule has 2 aromatic rings. The highest BCUT2D eigenvalue weighted by Gasteiger charge is 2.11. The average Bonchev–Trinajstić information content (AvgIpc) is 2.77. The summed E-state index contributed by atoms with van der Waals surface area (Å²) in [6.45, 7) is 0. The van der Waals surface area contributed by atoms with Crippen molar-refractivity contribution in [1.29, 1.82) is 0 Å². The SMILES string of the molecule is CN(C)c1nc(Cl)nc(-n2ccc(C(N)=O)n2)n1. The molecule has 2 rings (SSSR count). The molecule has 1 amide bonds. The second-order valence-corrected chi connectivity index (χ2v) is 3.95.